The highest BCUT2D eigenvalue weighted by atomic mass is 35.5. The average molecular weight is 351 g/mol. The molecule has 1 amide bonds. The molecule has 6 heteroatoms. The average Bonchev–Trinajstić information content (AvgIpc) is 2.55. The smallest absolute Gasteiger partial charge is 0.226 e. The van der Waals surface area contributed by atoms with Crippen LogP contribution in [-0.2, 0) is 11.3 Å². The van der Waals surface area contributed by atoms with Crippen molar-refractivity contribution in [1.82, 2.24) is 4.98 Å². The summed E-state index contributed by atoms with van der Waals surface area (Å²) < 4.78 is 0. The third-order valence-corrected chi connectivity index (χ3v) is 5.56. The number of amides is 1. The third-order valence-electron chi connectivity index (χ3n) is 4.51. The van der Waals surface area contributed by atoms with Crippen molar-refractivity contribution < 1.29 is 9.69 Å². The summed E-state index contributed by atoms with van der Waals surface area (Å²) in [5.41, 5.74) is 7.43. The Morgan fingerprint density at radius 3 is 3.04 bits per heavy atom. The van der Waals surface area contributed by atoms with Crippen LogP contribution in [0.4, 0.5) is 0 Å². The minimum absolute atomic E-state index is 0.0184. The third kappa shape index (κ3) is 3.79. The first-order valence-electron chi connectivity index (χ1n) is 7.83. The van der Waals surface area contributed by atoms with Gasteiger partial charge in [0, 0.05) is 15.8 Å². The van der Waals surface area contributed by atoms with Crippen molar-refractivity contribution in [2.24, 2.45) is 11.7 Å². The van der Waals surface area contributed by atoms with Crippen molar-refractivity contribution in [3.8, 4) is 0 Å². The zero-order chi connectivity index (χ0) is 16.4. The number of nitrogens with two attached hydrogens (primary N) is 1. The van der Waals surface area contributed by atoms with E-state index in [0.717, 1.165) is 48.9 Å². The van der Waals surface area contributed by atoms with Crippen LogP contribution in [0.5, 0.6) is 0 Å². The number of carbonyl (C=O) groups is 1. The Hall–Kier alpha value is -1.30. The van der Waals surface area contributed by atoms with Crippen LogP contribution in [0.1, 0.15) is 18.4 Å². The molecule has 1 aliphatic rings. The number of nitrogens with one attached hydrogen (secondary N) is 1. The predicted molar refractivity (Wildman–Crippen MR) is 94.9 cm³/mol. The van der Waals surface area contributed by atoms with Crippen molar-refractivity contribution in [3.63, 3.8) is 0 Å². The van der Waals surface area contributed by atoms with Crippen molar-refractivity contribution in [2.75, 3.05) is 19.3 Å². The number of rotatable bonds is 4. The maximum absolute atomic E-state index is 11.4. The van der Waals surface area contributed by atoms with E-state index in [-0.39, 0.29) is 11.8 Å². The van der Waals surface area contributed by atoms with E-state index in [1.165, 1.54) is 9.80 Å². The van der Waals surface area contributed by atoms with Crippen molar-refractivity contribution >= 4 is 40.2 Å². The Bertz CT molecular complexity index is 737. The molecule has 1 aromatic heterocycles. The summed E-state index contributed by atoms with van der Waals surface area (Å²) in [6.07, 6.45) is 3.98. The molecule has 2 aromatic rings. The molecule has 3 N–H and O–H groups in total. The second-order valence-electron chi connectivity index (χ2n) is 6.12. The summed E-state index contributed by atoms with van der Waals surface area (Å²) in [5, 5.41) is 1.66. The van der Waals surface area contributed by atoms with Gasteiger partial charge in [-0.1, -0.05) is 17.7 Å². The van der Waals surface area contributed by atoms with Gasteiger partial charge in [-0.15, -0.1) is 11.8 Å². The molecular weight excluding hydrogens is 330 g/mol. The first-order valence-corrected chi connectivity index (χ1v) is 9.43. The van der Waals surface area contributed by atoms with Gasteiger partial charge in [0.2, 0.25) is 5.91 Å². The lowest BCUT2D eigenvalue weighted by Gasteiger charge is -2.28. The molecule has 23 heavy (non-hydrogen) atoms. The number of likely N-dealkylation sites (tertiary alicyclic amines) is 1. The molecule has 1 fully saturated rings. The summed E-state index contributed by atoms with van der Waals surface area (Å²) in [7, 11) is 0. The molecule has 0 saturated carbocycles. The van der Waals surface area contributed by atoms with Gasteiger partial charge in [-0.05, 0) is 37.3 Å². The van der Waals surface area contributed by atoms with Crippen LogP contribution in [0.2, 0.25) is 5.15 Å². The number of hydrogen-bond donors (Lipinski definition) is 2. The number of quaternary nitrogens is 1. The van der Waals surface area contributed by atoms with Gasteiger partial charge in [0.25, 0.3) is 0 Å². The maximum atomic E-state index is 11.4. The molecule has 0 aliphatic carbocycles. The van der Waals surface area contributed by atoms with Crippen LogP contribution in [0.15, 0.2) is 29.2 Å². The maximum Gasteiger partial charge on any atom is 0.226 e. The monoisotopic (exact) mass is 350 g/mol. The highest BCUT2D eigenvalue weighted by Crippen LogP contribution is 2.24. The lowest BCUT2D eigenvalue weighted by molar-refractivity contribution is -0.921. The number of piperidine rings is 1. The van der Waals surface area contributed by atoms with E-state index in [9.17, 15) is 4.79 Å². The molecule has 0 radical (unpaired) electrons. The molecule has 1 aliphatic heterocycles. The Balaban J connectivity index is 1.82. The number of aromatic nitrogens is 1. The fourth-order valence-electron chi connectivity index (χ4n) is 3.24. The SMILES string of the molecule is CSc1ccc2cc(C[NH+]3CCC[C@@H](C(N)=O)C3)c(Cl)nc2c1. The van der Waals surface area contributed by atoms with E-state index in [1.807, 2.05) is 6.26 Å². The summed E-state index contributed by atoms with van der Waals surface area (Å²) in [6.45, 7) is 2.62. The molecule has 2 atom stereocenters. The van der Waals surface area contributed by atoms with E-state index < -0.39 is 0 Å². The van der Waals surface area contributed by atoms with E-state index in [4.69, 9.17) is 17.3 Å². The van der Waals surface area contributed by atoms with E-state index >= 15 is 0 Å². The Morgan fingerprint density at radius 1 is 1.48 bits per heavy atom. The van der Waals surface area contributed by atoms with Crippen molar-refractivity contribution in [1.29, 1.82) is 0 Å². The van der Waals surface area contributed by atoms with E-state index in [0.29, 0.717) is 5.15 Å². The first-order chi connectivity index (χ1) is 11.1. The summed E-state index contributed by atoms with van der Waals surface area (Å²) in [5.74, 6) is -0.204. The lowest BCUT2D eigenvalue weighted by atomic mass is 9.97. The number of primary amides is 1. The van der Waals surface area contributed by atoms with Crippen LogP contribution < -0.4 is 10.6 Å². The topological polar surface area (TPSA) is 60.4 Å². The second kappa shape index (κ2) is 7.07. The Kier molecular flexibility index (Phi) is 5.09. The Morgan fingerprint density at radius 2 is 2.30 bits per heavy atom. The number of pyridine rings is 1. The molecule has 122 valence electrons. The van der Waals surface area contributed by atoms with Gasteiger partial charge < -0.3 is 10.6 Å². The second-order valence-corrected chi connectivity index (χ2v) is 7.36. The molecular formula is C17H21ClN3OS+. The van der Waals surface area contributed by atoms with Gasteiger partial charge in [0.1, 0.15) is 11.7 Å². The van der Waals surface area contributed by atoms with Crippen molar-refractivity contribution in [2.45, 2.75) is 24.3 Å². The number of halogens is 1. The lowest BCUT2D eigenvalue weighted by Crippen LogP contribution is -3.12. The summed E-state index contributed by atoms with van der Waals surface area (Å²) in [4.78, 5) is 18.5. The summed E-state index contributed by atoms with van der Waals surface area (Å²) >= 11 is 8.09. The van der Waals surface area contributed by atoms with Gasteiger partial charge in [-0.3, -0.25) is 4.79 Å². The van der Waals surface area contributed by atoms with Crippen molar-refractivity contribution in [3.05, 3.63) is 35.0 Å². The number of thioether (sulfide) groups is 1. The van der Waals surface area contributed by atoms with Gasteiger partial charge in [0.05, 0.1) is 24.5 Å². The highest BCUT2D eigenvalue weighted by molar-refractivity contribution is 7.98. The van der Waals surface area contributed by atoms with Gasteiger partial charge >= 0.3 is 0 Å². The Labute approximate surface area is 145 Å². The summed E-state index contributed by atoms with van der Waals surface area (Å²) in [6, 6.07) is 8.37. The quantitative estimate of drug-likeness (QED) is 0.654. The fraction of sp³-hybridized carbons (Fsp3) is 0.412. The number of carbonyl (C=O) groups excluding carboxylic acids is 1. The van der Waals surface area contributed by atoms with Crippen LogP contribution >= 0.6 is 23.4 Å². The largest absolute Gasteiger partial charge is 0.369 e. The highest BCUT2D eigenvalue weighted by Gasteiger charge is 2.27. The first kappa shape index (κ1) is 16.6. The minimum atomic E-state index is -0.186. The van der Waals surface area contributed by atoms with Crippen LogP contribution in [-0.4, -0.2) is 30.2 Å². The van der Waals surface area contributed by atoms with Gasteiger partial charge in [-0.25, -0.2) is 4.98 Å². The van der Waals surface area contributed by atoms with E-state index in [2.05, 4.69) is 29.2 Å². The number of fused-ring (bicyclic) bond motifs is 1. The fourth-order valence-corrected chi connectivity index (χ4v) is 3.89. The number of benzene rings is 1. The molecule has 4 nitrogen and oxygen atoms in total. The minimum Gasteiger partial charge on any atom is -0.369 e. The van der Waals surface area contributed by atoms with E-state index in [1.54, 1.807) is 11.8 Å². The molecule has 1 saturated heterocycles. The molecule has 2 heterocycles. The molecule has 1 aromatic carbocycles. The van der Waals surface area contributed by atoms with Gasteiger partial charge in [0.15, 0.2) is 0 Å². The molecule has 1 unspecified atom stereocenters. The molecule has 3 rings (SSSR count). The standard InChI is InChI=1S/C17H20ClN3OS/c1-23-14-5-4-11-7-13(16(18)20-15(11)8-14)10-21-6-2-3-12(9-21)17(19)22/h4-5,7-8,12H,2-3,6,9-10H2,1H3,(H2,19,22)/p+1/t12-/m1/s1. The van der Waals surface area contributed by atoms with Crippen LogP contribution in [0.3, 0.4) is 0 Å². The molecule has 0 spiro atoms. The zero-order valence-electron chi connectivity index (χ0n) is 13.1. The number of hydrogen-bond acceptors (Lipinski definition) is 3. The molecule has 0 bridgehead atoms. The predicted octanol–water partition coefficient (Wildman–Crippen LogP) is 1.89. The normalized spacial score (nSPS) is 21.5. The van der Waals surface area contributed by atoms with Crippen LogP contribution in [0, 0.1) is 5.92 Å². The van der Waals surface area contributed by atoms with Gasteiger partial charge in [-0.2, -0.15) is 0 Å². The van der Waals surface area contributed by atoms with Crippen LogP contribution in [0.25, 0.3) is 10.9 Å². The number of nitrogens with zero attached hydrogens (tertiary/aromatic N) is 1. The zero-order valence-corrected chi connectivity index (χ0v) is 14.7.